The number of aromatic nitrogens is 2. The summed E-state index contributed by atoms with van der Waals surface area (Å²) < 4.78 is 75.5. The first-order valence-electron chi connectivity index (χ1n) is 4.52. The molecule has 0 amide bonds. The van der Waals surface area contributed by atoms with Crippen molar-refractivity contribution in [3.8, 4) is 0 Å². The Morgan fingerprint density at radius 1 is 1.22 bits per heavy atom. The monoisotopic (exact) mass is 295 g/mol. The van der Waals surface area contributed by atoms with Crippen LogP contribution in [0.2, 0.25) is 5.02 Å². The predicted molar refractivity (Wildman–Crippen MR) is 50.7 cm³/mol. The van der Waals surface area contributed by atoms with E-state index in [0.29, 0.717) is 0 Å². The van der Waals surface area contributed by atoms with Crippen molar-refractivity contribution in [1.82, 2.24) is 9.78 Å². The van der Waals surface area contributed by atoms with Crippen LogP contribution in [-0.4, -0.2) is 22.1 Å². The predicted octanol–water partition coefficient (Wildman–Crippen LogP) is 2.81. The van der Waals surface area contributed by atoms with Crippen molar-refractivity contribution < 1.29 is 26.3 Å². The Kier molecular flexibility index (Phi) is 3.87. The second-order valence-electron chi connectivity index (χ2n) is 3.59. The van der Waals surface area contributed by atoms with Gasteiger partial charge in [0.2, 0.25) is 0 Å². The van der Waals surface area contributed by atoms with E-state index in [-0.39, 0.29) is 5.02 Å². The van der Waals surface area contributed by atoms with Gasteiger partial charge in [0.05, 0.1) is 23.0 Å². The Balaban J connectivity index is 3.24. The van der Waals surface area contributed by atoms with Crippen LogP contribution in [0.5, 0.6) is 0 Å². The molecule has 1 rings (SSSR count). The number of alkyl halides is 6. The number of halogens is 7. The first-order valence-corrected chi connectivity index (χ1v) is 4.90. The second-order valence-corrected chi connectivity index (χ2v) is 4.00. The molecule has 0 aliphatic heterocycles. The molecule has 104 valence electrons. The normalized spacial score (nSPS) is 15.2. The molecule has 0 radical (unpaired) electrons. The van der Waals surface area contributed by atoms with Crippen molar-refractivity contribution in [2.45, 2.75) is 18.4 Å². The van der Waals surface area contributed by atoms with Crippen LogP contribution in [0.25, 0.3) is 0 Å². The van der Waals surface area contributed by atoms with Gasteiger partial charge in [-0.05, 0) is 0 Å². The molecule has 0 saturated carbocycles. The van der Waals surface area contributed by atoms with Crippen molar-refractivity contribution in [3.05, 3.63) is 16.9 Å². The lowest BCUT2D eigenvalue weighted by Gasteiger charge is -2.28. The van der Waals surface area contributed by atoms with Crippen LogP contribution in [-0.2, 0) is 7.05 Å². The van der Waals surface area contributed by atoms with Crippen LogP contribution >= 0.6 is 11.6 Å². The molecule has 1 aromatic heterocycles. The van der Waals surface area contributed by atoms with Gasteiger partial charge in [0.1, 0.15) is 0 Å². The summed E-state index contributed by atoms with van der Waals surface area (Å²) in [5, 5.41) is 3.11. The lowest BCUT2D eigenvalue weighted by atomic mass is 9.96. The summed E-state index contributed by atoms with van der Waals surface area (Å²) in [5.41, 5.74) is 4.56. The average Bonchev–Trinajstić information content (AvgIpc) is 2.40. The molecule has 3 nitrogen and oxygen atoms in total. The van der Waals surface area contributed by atoms with Gasteiger partial charge >= 0.3 is 12.4 Å². The molecule has 1 aromatic rings. The molecule has 2 N–H and O–H groups in total. The molecule has 0 spiro atoms. The first-order chi connectivity index (χ1) is 7.96. The smallest absolute Gasteiger partial charge is 0.322 e. The summed E-state index contributed by atoms with van der Waals surface area (Å²) in [7, 11) is 1.16. The van der Waals surface area contributed by atoms with E-state index in [0.717, 1.165) is 17.9 Å². The van der Waals surface area contributed by atoms with E-state index in [2.05, 4.69) is 5.10 Å². The Bertz CT molecular complexity index is 390. The molecular weight excluding hydrogens is 288 g/mol. The third-order valence-electron chi connectivity index (χ3n) is 2.32. The maximum Gasteiger partial charge on any atom is 0.402 e. The molecule has 1 atom stereocenters. The van der Waals surface area contributed by atoms with Crippen molar-refractivity contribution in [3.63, 3.8) is 0 Å². The molecule has 1 unspecified atom stereocenters. The minimum Gasteiger partial charge on any atom is -0.322 e. The van der Waals surface area contributed by atoms with Gasteiger partial charge in [-0.15, -0.1) is 0 Å². The standard InChI is InChI=1S/C8H8ClF6N3/c1-18-5(3(9)2-17-18)4(16)6(7(10,11)12)8(13,14)15/h2,4,6H,16H2,1H3. The van der Waals surface area contributed by atoms with Gasteiger partial charge in [-0.3, -0.25) is 4.68 Å². The fourth-order valence-electron chi connectivity index (χ4n) is 1.55. The third kappa shape index (κ3) is 2.89. The SMILES string of the molecule is Cn1ncc(Cl)c1C(N)C(C(F)(F)F)C(F)(F)F. The third-order valence-corrected chi connectivity index (χ3v) is 2.61. The first kappa shape index (κ1) is 15.1. The van der Waals surface area contributed by atoms with Crippen molar-refractivity contribution in [1.29, 1.82) is 0 Å². The van der Waals surface area contributed by atoms with E-state index < -0.39 is 30.0 Å². The van der Waals surface area contributed by atoms with Crippen LogP contribution in [0.15, 0.2) is 6.20 Å². The number of aryl methyl sites for hydroxylation is 1. The maximum atomic E-state index is 12.4. The Morgan fingerprint density at radius 2 is 1.67 bits per heavy atom. The van der Waals surface area contributed by atoms with Gasteiger partial charge in [-0.25, -0.2) is 0 Å². The summed E-state index contributed by atoms with van der Waals surface area (Å²) in [6, 6.07) is -2.37. The van der Waals surface area contributed by atoms with Crippen LogP contribution < -0.4 is 5.73 Å². The molecule has 0 bridgehead atoms. The van der Waals surface area contributed by atoms with Crippen LogP contribution in [0.3, 0.4) is 0 Å². The molecule has 18 heavy (non-hydrogen) atoms. The number of hydrogen-bond acceptors (Lipinski definition) is 2. The largest absolute Gasteiger partial charge is 0.402 e. The average molecular weight is 296 g/mol. The van der Waals surface area contributed by atoms with Crippen molar-refractivity contribution in [2.75, 3.05) is 0 Å². The minimum atomic E-state index is -5.52. The molecule has 0 saturated heterocycles. The highest BCUT2D eigenvalue weighted by Crippen LogP contribution is 2.46. The molecule has 0 aromatic carbocycles. The van der Waals surface area contributed by atoms with Crippen LogP contribution in [0.1, 0.15) is 11.7 Å². The van der Waals surface area contributed by atoms with Gasteiger partial charge in [-0.1, -0.05) is 11.6 Å². The minimum absolute atomic E-state index is 0.344. The molecule has 10 heteroatoms. The van der Waals surface area contributed by atoms with Gasteiger partial charge in [0.25, 0.3) is 0 Å². The number of rotatable bonds is 2. The number of nitrogens with zero attached hydrogens (tertiary/aromatic N) is 2. The molecule has 0 aliphatic carbocycles. The summed E-state index contributed by atoms with van der Waals surface area (Å²) in [6.07, 6.45) is -10.1. The summed E-state index contributed by atoms with van der Waals surface area (Å²) >= 11 is 5.49. The van der Waals surface area contributed by atoms with E-state index in [4.69, 9.17) is 17.3 Å². The van der Waals surface area contributed by atoms with E-state index in [1.54, 1.807) is 0 Å². The second kappa shape index (κ2) is 4.61. The van der Waals surface area contributed by atoms with Crippen molar-refractivity contribution >= 4 is 11.6 Å². The van der Waals surface area contributed by atoms with E-state index in [1.807, 2.05) is 0 Å². The Labute approximate surface area is 102 Å². The summed E-state index contributed by atoms with van der Waals surface area (Å²) in [4.78, 5) is 0. The molecule has 1 heterocycles. The quantitative estimate of drug-likeness (QED) is 0.853. The Hall–Kier alpha value is -0.960. The van der Waals surface area contributed by atoms with Gasteiger partial charge in [0.15, 0.2) is 5.92 Å². The zero-order valence-corrected chi connectivity index (χ0v) is 9.61. The van der Waals surface area contributed by atoms with Gasteiger partial charge < -0.3 is 5.73 Å². The summed E-state index contributed by atoms with van der Waals surface area (Å²) in [6.45, 7) is 0. The van der Waals surface area contributed by atoms with Crippen LogP contribution in [0.4, 0.5) is 26.3 Å². The fourth-order valence-corrected chi connectivity index (χ4v) is 1.84. The molecular formula is C8H8ClF6N3. The fraction of sp³-hybridized carbons (Fsp3) is 0.625. The highest BCUT2D eigenvalue weighted by molar-refractivity contribution is 6.31. The van der Waals surface area contributed by atoms with E-state index >= 15 is 0 Å². The molecule has 0 aliphatic rings. The highest BCUT2D eigenvalue weighted by Gasteiger charge is 2.60. The van der Waals surface area contributed by atoms with Gasteiger partial charge in [-0.2, -0.15) is 31.4 Å². The van der Waals surface area contributed by atoms with E-state index in [1.165, 1.54) is 0 Å². The highest BCUT2D eigenvalue weighted by atomic mass is 35.5. The Morgan fingerprint density at radius 3 is 1.94 bits per heavy atom. The lowest BCUT2D eigenvalue weighted by Crippen LogP contribution is -2.44. The van der Waals surface area contributed by atoms with E-state index in [9.17, 15) is 26.3 Å². The van der Waals surface area contributed by atoms with Gasteiger partial charge in [0, 0.05) is 7.05 Å². The topological polar surface area (TPSA) is 43.8 Å². The van der Waals surface area contributed by atoms with Crippen LogP contribution in [0, 0.1) is 5.92 Å². The zero-order chi connectivity index (χ0) is 14.3. The lowest BCUT2D eigenvalue weighted by molar-refractivity contribution is -0.290. The van der Waals surface area contributed by atoms with Crippen molar-refractivity contribution in [2.24, 2.45) is 18.7 Å². The number of hydrogen-bond donors (Lipinski definition) is 1. The molecule has 0 fully saturated rings. The zero-order valence-electron chi connectivity index (χ0n) is 8.85. The number of nitrogens with two attached hydrogens (primary N) is 1. The maximum absolute atomic E-state index is 12.4. The summed E-state index contributed by atoms with van der Waals surface area (Å²) in [5.74, 6) is -3.70.